The highest BCUT2D eigenvalue weighted by Crippen LogP contribution is 2.47. The molecular weight excluding hydrogens is 602 g/mol. The van der Waals surface area contributed by atoms with Crippen LogP contribution in [0.1, 0.15) is 77.9 Å². The lowest BCUT2D eigenvalue weighted by Gasteiger charge is -2.40. The summed E-state index contributed by atoms with van der Waals surface area (Å²) >= 11 is 0. The van der Waals surface area contributed by atoms with Crippen LogP contribution >= 0.6 is 0 Å². The first-order valence-corrected chi connectivity index (χ1v) is 17.2. The summed E-state index contributed by atoms with van der Waals surface area (Å²) in [6.07, 6.45) is 9.94. The van der Waals surface area contributed by atoms with Crippen LogP contribution in [0.4, 0.5) is 0 Å². The van der Waals surface area contributed by atoms with E-state index < -0.39 is 11.5 Å². The van der Waals surface area contributed by atoms with E-state index >= 15 is 0 Å². The second-order valence-electron chi connectivity index (χ2n) is 13.7. The van der Waals surface area contributed by atoms with Gasteiger partial charge in [-0.1, -0.05) is 61.7 Å². The number of hydrogen-bond donors (Lipinski definition) is 2. The second kappa shape index (κ2) is 13.4. The first-order chi connectivity index (χ1) is 23.3. The Kier molecular flexibility index (Phi) is 8.92. The third-order valence-corrected chi connectivity index (χ3v) is 10.6. The van der Waals surface area contributed by atoms with Crippen molar-refractivity contribution in [2.75, 3.05) is 26.7 Å². The van der Waals surface area contributed by atoms with Gasteiger partial charge in [-0.2, -0.15) is 0 Å². The van der Waals surface area contributed by atoms with Crippen LogP contribution in [-0.4, -0.2) is 64.5 Å². The molecule has 1 amide bonds. The number of carboxylic acid groups (broad SMARTS) is 1. The third kappa shape index (κ3) is 6.29. The average molecular weight is 646 g/mol. The zero-order valence-corrected chi connectivity index (χ0v) is 27.5. The van der Waals surface area contributed by atoms with Gasteiger partial charge >= 0.3 is 5.97 Å². The van der Waals surface area contributed by atoms with Crippen molar-refractivity contribution in [3.05, 3.63) is 95.1 Å². The van der Waals surface area contributed by atoms with Gasteiger partial charge in [-0.05, 0) is 85.7 Å². The van der Waals surface area contributed by atoms with Crippen LogP contribution in [0.15, 0.2) is 72.8 Å². The Bertz CT molecular complexity index is 1870. The molecule has 0 atom stereocenters. The number of Topliss-reactive ketones (excluding diaryl/α,β-unsaturated/α-hetero) is 1. The number of ketones is 1. The fourth-order valence-corrected chi connectivity index (χ4v) is 7.91. The minimum atomic E-state index is -1.01. The summed E-state index contributed by atoms with van der Waals surface area (Å²) in [5.41, 5.74) is 5.90. The van der Waals surface area contributed by atoms with Crippen molar-refractivity contribution in [1.29, 1.82) is 0 Å². The Balaban J connectivity index is 1.21. The third-order valence-electron chi connectivity index (χ3n) is 10.6. The van der Waals surface area contributed by atoms with Gasteiger partial charge in [-0.3, -0.25) is 9.59 Å². The largest absolute Gasteiger partial charge is 0.491 e. The highest BCUT2D eigenvalue weighted by Gasteiger charge is 2.42. The summed E-state index contributed by atoms with van der Waals surface area (Å²) in [6, 6.07) is 21.7. The zero-order valence-electron chi connectivity index (χ0n) is 27.5. The molecular formula is C40H43N3O5. The van der Waals surface area contributed by atoms with E-state index in [4.69, 9.17) is 9.84 Å². The summed E-state index contributed by atoms with van der Waals surface area (Å²) in [6.45, 7) is 2.66. The van der Waals surface area contributed by atoms with Crippen LogP contribution < -0.4 is 10.1 Å². The molecule has 2 aliphatic heterocycles. The Morgan fingerprint density at radius 1 is 0.958 bits per heavy atom. The van der Waals surface area contributed by atoms with Crippen LogP contribution in [-0.2, 0) is 22.6 Å². The predicted molar refractivity (Wildman–Crippen MR) is 187 cm³/mol. The maximum atomic E-state index is 14.1. The van der Waals surface area contributed by atoms with Crippen molar-refractivity contribution >= 4 is 34.6 Å². The van der Waals surface area contributed by atoms with Gasteiger partial charge in [0.2, 0.25) is 0 Å². The van der Waals surface area contributed by atoms with Crippen LogP contribution in [0.2, 0.25) is 0 Å². The van der Waals surface area contributed by atoms with Crippen LogP contribution in [0.3, 0.4) is 0 Å². The van der Waals surface area contributed by atoms with Gasteiger partial charge in [0, 0.05) is 47.6 Å². The first-order valence-electron chi connectivity index (χ1n) is 17.2. The molecule has 0 spiro atoms. The molecule has 0 unspecified atom stereocenters. The van der Waals surface area contributed by atoms with E-state index in [1.54, 1.807) is 0 Å². The molecule has 248 valence electrons. The van der Waals surface area contributed by atoms with Crippen LogP contribution in [0, 0.1) is 0 Å². The van der Waals surface area contributed by atoms with Crippen LogP contribution in [0.25, 0.3) is 28.2 Å². The van der Waals surface area contributed by atoms with Gasteiger partial charge in [-0.15, -0.1) is 0 Å². The Morgan fingerprint density at radius 3 is 2.46 bits per heavy atom. The molecule has 0 radical (unpaired) electrons. The van der Waals surface area contributed by atoms with E-state index in [1.807, 2.05) is 49.5 Å². The van der Waals surface area contributed by atoms with Crippen molar-refractivity contribution in [1.82, 2.24) is 14.8 Å². The first kappa shape index (κ1) is 31.9. The fourth-order valence-electron chi connectivity index (χ4n) is 7.91. The van der Waals surface area contributed by atoms with Gasteiger partial charge < -0.3 is 24.6 Å². The molecule has 1 aromatic heterocycles. The summed E-state index contributed by atoms with van der Waals surface area (Å²) in [7, 11) is 2.04. The van der Waals surface area contributed by atoms with E-state index in [1.165, 1.54) is 42.0 Å². The minimum Gasteiger partial charge on any atom is -0.491 e. The van der Waals surface area contributed by atoms with Crippen LogP contribution in [0.5, 0.6) is 5.75 Å². The standard InChI is InChI=1S/C40H43N3O5/c1-42-21-19-40(20-22-42,35(44)25-28-13-11-27(12-14-28)15-18-36(45)46)41-39(47)30-16-17-31-33(26-30)43-23-24-48-34-10-6-5-9-32(34)38(43)37(31)29-7-3-2-4-8-29/h5-6,9-18,26,29H,2-4,7-8,19-25H2,1H3,(H,41,47)(H,45,46)/b18-15+. The highest BCUT2D eigenvalue weighted by molar-refractivity contribution is 6.04. The number of para-hydroxylation sites is 1. The monoisotopic (exact) mass is 645 g/mol. The lowest BCUT2D eigenvalue weighted by molar-refractivity contribution is -0.131. The molecule has 4 aromatic rings. The second-order valence-corrected chi connectivity index (χ2v) is 13.7. The number of benzene rings is 3. The normalized spacial score (nSPS) is 18.1. The summed E-state index contributed by atoms with van der Waals surface area (Å²) in [5.74, 6) is 0.117. The molecule has 7 rings (SSSR count). The lowest BCUT2D eigenvalue weighted by Crippen LogP contribution is -2.60. The molecule has 48 heavy (non-hydrogen) atoms. The number of amides is 1. The molecule has 3 aromatic carbocycles. The fraction of sp³-hybridized carbons (Fsp3) is 0.375. The van der Waals surface area contributed by atoms with E-state index in [9.17, 15) is 14.4 Å². The number of nitrogens with one attached hydrogen (secondary N) is 1. The van der Waals surface area contributed by atoms with Crippen molar-refractivity contribution < 1.29 is 24.2 Å². The smallest absolute Gasteiger partial charge is 0.328 e. The number of likely N-dealkylation sites (tertiary alicyclic amines) is 1. The van der Waals surface area contributed by atoms with E-state index in [0.717, 1.165) is 46.9 Å². The number of hydrogen-bond acceptors (Lipinski definition) is 5. The van der Waals surface area contributed by atoms with Gasteiger partial charge in [0.1, 0.15) is 17.9 Å². The maximum absolute atomic E-state index is 14.1. The summed E-state index contributed by atoms with van der Waals surface area (Å²) < 4.78 is 8.57. The SMILES string of the molecule is CN1CCC(NC(=O)c2ccc3c(C4CCCCC4)c4n(c3c2)CCOc2ccccc2-4)(C(=O)Cc2ccc(/C=C/C(=O)O)cc2)CC1. The molecule has 0 bridgehead atoms. The van der Waals surface area contributed by atoms with Crippen molar-refractivity contribution in [3.63, 3.8) is 0 Å². The molecule has 2 N–H and O–H groups in total. The van der Waals surface area contributed by atoms with E-state index in [0.29, 0.717) is 50.6 Å². The number of carbonyl (C=O) groups excluding carboxylic acids is 2. The number of piperidine rings is 1. The number of carbonyl (C=O) groups is 3. The Morgan fingerprint density at radius 2 is 1.71 bits per heavy atom. The molecule has 3 heterocycles. The average Bonchev–Trinajstić information content (AvgIpc) is 3.30. The topological polar surface area (TPSA) is 101 Å². The quantitative estimate of drug-likeness (QED) is 0.203. The van der Waals surface area contributed by atoms with Gasteiger partial charge in [-0.25, -0.2) is 4.79 Å². The van der Waals surface area contributed by atoms with Crippen molar-refractivity contribution in [2.45, 2.75) is 69.4 Å². The number of ether oxygens (including phenoxy) is 1. The maximum Gasteiger partial charge on any atom is 0.328 e. The minimum absolute atomic E-state index is 0.0104. The molecule has 3 aliphatic rings. The number of aliphatic carboxylic acids is 1. The Labute approximate surface area is 281 Å². The Hall–Kier alpha value is -4.69. The number of rotatable bonds is 8. The molecule has 8 nitrogen and oxygen atoms in total. The van der Waals surface area contributed by atoms with Gasteiger partial charge in [0.15, 0.2) is 5.78 Å². The van der Waals surface area contributed by atoms with E-state index in [2.05, 4.69) is 39.0 Å². The highest BCUT2D eigenvalue weighted by atomic mass is 16.5. The lowest BCUT2D eigenvalue weighted by atomic mass is 9.80. The summed E-state index contributed by atoms with van der Waals surface area (Å²) in [4.78, 5) is 41.3. The number of nitrogens with zero attached hydrogens (tertiary/aromatic N) is 2. The van der Waals surface area contributed by atoms with Crippen molar-refractivity contribution in [3.8, 4) is 17.0 Å². The number of carboxylic acids is 1. The number of aromatic nitrogens is 1. The van der Waals surface area contributed by atoms with Crippen molar-refractivity contribution in [2.24, 2.45) is 0 Å². The summed E-state index contributed by atoms with van der Waals surface area (Å²) in [5, 5.41) is 13.4. The molecule has 1 aliphatic carbocycles. The van der Waals surface area contributed by atoms with E-state index in [-0.39, 0.29) is 18.1 Å². The molecule has 1 saturated carbocycles. The molecule has 8 heteroatoms. The predicted octanol–water partition coefficient (Wildman–Crippen LogP) is 6.85. The molecule has 2 fully saturated rings. The van der Waals surface area contributed by atoms with Gasteiger partial charge in [0.05, 0.1) is 12.2 Å². The zero-order chi connectivity index (χ0) is 33.3. The molecule has 1 saturated heterocycles. The van der Waals surface area contributed by atoms with Gasteiger partial charge in [0.25, 0.3) is 5.91 Å². The number of fused-ring (bicyclic) bond motifs is 5.